The summed E-state index contributed by atoms with van der Waals surface area (Å²) in [4.78, 5) is 13.1. The van der Waals surface area contributed by atoms with Gasteiger partial charge < -0.3 is 4.98 Å². The fourth-order valence-electron chi connectivity index (χ4n) is 0.926. The van der Waals surface area contributed by atoms with Gasteiger partial charge in [0.25, 0.3) is 12.0 Å². The van der Waals surface area contributed by atoms with Gasteiger partial charge in [0.2, 0.25) is 0 Å². The Labute approximate surface area is 86.0 Å². The lowest BCUT2D eigenvalue weighted by Crippen LogP contribution is -2.15. The Kier molecular flexibility index (Phi) is 3.44. The maximum atomic E-state index is 12.4. The molecule has 0 bridgehead atoms. The van der Waals surface area contributed by atoms with Crippen LogP contribution in [-0.2, 0) is 5.33 Å². The molecule has 0 aliphatic rings. The van der Waals surface area contributed by atoms with Crippen LogP contribution >= 0.6 is 27.5 Å². The van der Waals surface area contributed by atoms with E-state index in [4.69, 9.17) is 11.6 Å². The van der Waals surface area contributed by atoms with Gasteiger partial charge in [-0.25, -0.2) is 8.78 Å². The first-order valence-corrected chi connectivity index (χ1v) is 4.82. The predicted octanol–water partition coefficient (Wildman–Crippen LogP) is 2.86. The molecule has 0 fully saturated rings. The van der Waals surface area contributed by atoms with E-state index >= 15 is 0 Å². The molecule has 1 aromatic rings. The molecule has 0 unspecified atom stereocenters. The Morgan fingerprint density at radius 3 is 2.62 bits per heavy atom. The number of rotatable bonds is 2. The lowest BCUT2D eigenvalue weighted by Gasteiger charge is -2.05. The van der Waals surface area contributed by atoms with E-state index < -0.39 is 17.5 Å². The second kappa shape index (κ2) is 4.19. The smallest absolute Gasteiger partial charge is 0.269 e. The van der Waals surface area contributed by atoms with Gasteiger partial charge in [-0.3, -0.25) is 4.79 Å². The van der Waals surface area contributed by atoms with Crippen molar-refractivity contribution in [2.75, 3.05) is 0 Å². The summed E-state index contributed by atoms with van der Waals surface area (Å²) in [5.74, 6) is 0. The molecule has 0 spiro atoms. The zero-order chi connectivity index (χ0) is 10.0. The highest BCUT2D eigenvalue weighted by atomic mass is 79.9. The molecule has 2 nitrogen and oxygen atoms in total. The summed E-state index contributed by atoms with van der Waals surface area (Å²) in [6, 6.07) is 0. The summed E-state index contributed by atoms with van der Waals surface area (Å²) < 4.78 is 24.7. The van der Waals surface area contributed by atoms with Crippen molar-refractivity contribution in [3.8, 4) is 0 Å². The fourth-order valence-corrected chi connectivity index (χ4v) is 1.91. The van der Waals surface area contributed by atoms with Gasteiger partial charge in [-0.15, -0.1) is 0 Å². The third-order valence-electron chi connectivity index (χ3n) is 1.54. The second-order valence-electron chi connectivity index (χ2n) is 2.29. The van der Waals surface area contributed by atoms with Gasteiger partial charge in [0, 0.05) is 11.5 Å². The summed E-state index contributed by atoms with van der Waals surface area (Å²) in [5, 5.41) is 0.266. The van der Waals surface area contributed by atoms with Gasteiger partial charge in [0.1, 0.15) is 0 Å². The van der Waals surface area contributed by atoms with E-state index in [1.54, 1.807) is 0 Å². The average Bonchev–Trinajstić information content (AvgIpc) is 2.07. The molecule has 6 heteroatoms. The Hall–Kier alpha value is -0.420. The van der Waals surface area contributed by atoms with Crippen molar-refractivity contribution in [3.63, 3.8) is 0 Å². The molecule has 0 saturated heterocycles. The maximum Gasteiger partial charge on any atom is 0.269 e. The van der Waals surface area contributed by atoms with Gasteiger partial charge in [0.05, 0.1) is 10.6 Å². The van der Waals surface area contributed by atoms with Crippen molar-refractivity contribution in [2.45, 2.75) is 11.8 Å². The summed E-state index contributed by atoms with van der Waals surface area (Å²) in [5.41, 5.74) is -1.22. The zero-order valence-electron chi connectivity index (χ0n) is 6.28. The summed E-state index contributed by atoms with van der Waals surface area (Å²) in [6.07, 6.45) is -1.61. The van der Waals surface area contributed by atoms with E-state index in [0.29, 0.717) is 0 Å². The van der Waals surface area contributed by atoms with Crippen LogP contribution in [0.5, 0.6) is 0 Å². The van der Waals surface area contributed by atoms with E-state index in [1.807, 2.05) is 0 Å². The molecule has 72 valence electrons. The summed E-state index contributed by atoms with van der Waals surface area (Å²) >= 11 is 8.60. The molecule has 13 heavy (non-hydrogen) atoms. The molecule has 1 aromatic heterocycles. The Bertz CT molecular complexity index is 366. The van der Waals surface area contributed by atoms with E-state index in [1.165, 1.54) is 6.20 Å². The average molecular weight is 272 g/mol. The third-order valence-corrected chi connectivity index (χ3v) is 2.44. The van der Waals surface area contributed by atoms with Crippen molar-refractivity contribution in [1.82, 2.24) is 4.98 Å². The Morgan fingerprint density at radius 2 is 2.23 bits per heavy atom. The number of pyridine rings is 1. The van der Waals surface area contributed by atoms with Crippen molar-refractivity contribution in [3.05, 3.63) is 32.7 Å². The third kappa shape index (κ3) is 2.08. The molecule has 0 atom stereocenters. The number of hydrogen-bond donors (Lipinski definition) is 1. The van der Waals surface area contributed by atoms with Crippen LogP contribution in [0, 0.1) is 0 Å². The number of aromatic amines is 1. The SMILES string of the molecule is O=c1[nH]cc(Cl)c(CBr)c1C(F)F. The van der Waals surface area contributed by atoms with E-state index in [0.717, 1.165) is 0 Å². The first-order valence-electron chi connectivity index (χ1n) is 3.32. The topological polar surface area (TPSA) is 32.9 Å². The van der Waals surface area contributed by atoms with Gasteiger partial charge in [-0.1, -0.05) is 27.5 Å². The molecule has 0 aliphatic heterocycles. The van der Waals surface area contributed by atoms with Gasteiger partial charge in [-0.05, 0) is 5.56 Å². The number of halogens is 4. The monoisotopic (exact) mass is 271 g/mol. The molecule has 0 aromatic carbocycles. The molecular formula is C7H5BrClF2NO. The van der Waals surface area contributed by atoms with Crippen LogP contribution in [0.3, 0.4) is 0 Å². The number of hydrogen-bond acceptors (Lipinski definition) is 1. The van der Waals surface area contributed by atoms with Crippen LogP contribution in [0.4, 0.5) is 8.78 Å². The number of aromatic nitrogens is 1. The van der Waals surface area contributed by atoms with Crippen LogP contribution in [0.2, 0.25) is 5.02 Å². The minimum absolute atomic E-state index is 0.131. The van der Waals surface area contributed by atoms with Gasteiger partial charge in [0.15, 0.2) is 0 Å². The van der Waals surface area contributed by atoms with Crippen LogP contribution in [0.25, 0.3) is 0 Å². The first kappa shape index (κ1) is 10.7. The second-order valence-corrected chi connectivity index (χ2v) is 3.26. The minimum Gasteiger partial charge on any atom is -0.327 e. The quantitative estimate of drug-likeness (QED) is 0.825. The number of H-pyrrole nitrogens is 1. The Morgan fingerprint density at radius 1 is 1.62 bits per heavy atom. The lowest BCUT2D eigenvalue weighted by molar-refractivity contribution is 0.149. The Balaban J connectivity index is 3.44. The van der Waals surface area contributed by atoms with Crippen LogP contribution in [0.1, 0.15) is 17.6 Å². The van der Waals surface area contributed by atoms with Crippen molar-refractivity contribution in [1.29, 1.82) is 0 Å². The first-order chi connectivity index (χ1) is 6.07. The molecule has 0 aliphatic carbocycles. The molecule has 0 amide bonds. The van der Waals surface area contributed by atoms with Crippen LogP contribution < -0.4 is 5.56 Å². The predicted molar refractivity (Wildman–Crippen MR) is 49.7 cm³/mol. The fraction of sp³-hybridized carbons (Fsp3) is 0.286. The van der Waals surface area contributed by atoms with E-state index in [9.17, 15) is 13.6 Å². The molecule has 0 radical (unpaired) electrons. The van der Waals surface area contributed by atoms with Gasteiger partial charge in [-0.2, -0.15) is 0 Å². The highest BCUT2D eigenvalue weighted by Crippen LogP contribution is 2.26. The van der Waals surface area contributed by atoms with Crippen molar-refractivity contribution in [2.24, 2.45) is 0 Å². The largest absolute Gasteiger partial charge is 0.327 e. The number of alkyl halides is 3. The van der Waals surface area contributed by atoms with Crippen LogP contribution in [-0.4, -0.2) is 4.98 Å². The normalized spacial score (nSPS) is 10.8. The summed E-state index contributed by atoms with van der Waals surface area (Å²) in [6.45, 7) is 0. The minimum atomic E-state index is -2.81. The van der Waals surface area contributed by atoms with Crippen LogP contribution in [0.15, 0.2) is 11.0 Å². The van der Waals surface area contributed by atoms with E-state index in [2.05, 4.69) is 20.9 Å². The van der Waals surface area contributed by atoms with Crippen molar-refractivity contribution < 1.29 is 8.78 Å². The number of nitrogens with one attached hydrogen (secondary N) is 1. The molecule has 1 N–H and O–H groups in total. The standard InChI is InChI=1S/C7H5BrClF2NO/c8-1-3-4(9)2-12-7(13)5(3)6(10)11/h2,6H,1H2,(H,12,13). The molecule has 1 rings (SSSR count). The lowest BCUT2D eigenvalue weighted by atomic mass is 10.1. The van der Waals surface area contributed by atoms with E-state index in [-0.39, 0.29) is 15.9 Å². The van der Waals surface area contributed by atoms with Gasteiger partial charge >= 0.3 is 0 Å². The maximum absolute atomic E-state index is 12.4. The molecular weight excluding hydrogens is 267 g/mol. The van der Waals surface area contributed by atoms with Crippen molar-refractivity contribution >= 4 is 27.5 Å². The highest BCUT2D eigenvalue weighted by Gasteiger charge is 2.18. The molecule has 1 heterocycles. The highest BCUT2D eigenvalue weighted by molar-refractivity contribution is 9.08. The zero-order valence-corrected chi connectivity index (χ0v) is 8.62. The molecule has 0 saturated carbocycles. The summed E-state index contributed by atoms with van der Waals surface area (Å²) in [7, 11) is 0.